The lowest BCUT2D eigenvalue weighted by atomic mass is 10.2. The molecule has 0 fully saturated rings. The fourth-order valence-electron chi connectivity index (χ4n) is 1.85. The number of aryl methyl sites for hydroxylation is 1. The van der Waals surface area contributed by atoms with Gasteiger partial charge in [-0.1, -0.05) is 35.9 Å². The molecular formula is C16H17ClFNO2. The summed E-state index contributed by atoms with van der Waals surface area (Å²) in [5, 5.41) is 13.0. The first-order valence-electron chi connectivity index (χ1n) is 6.62. The molecule has 0 radical (unpaired) electrons. The zero-order chi connectivity index (χ0) is 15.2. The Morgan fingerprint density at radius 1 is 1.24 bits per heavy atom. The van der Waals surface area contributed by atoms with E-state index in [0.717, 1.165) is 11.3 Å². The number of hydrogen-bond acceptors (Lipinski definition) is 3. The van der Waals surface area contributed by atoms with E-state index in [9.17, 15) is 9.50 Å². The highest BCUT2D eigenvalue weighted by atomic mass is 35.5. The summed E-state index contributed by atoms with van der Waals surface area (Å²) in [6.07, 6.45) is -0.778. The lowest BCUT2D eigenvalue weighted by Crippen LogP contribution is -2.26. The van der Waals surface area contributed by atoms with Gasteiger partial charge in [-0.2, -0.15) is 0 Å². The maximum absolute atomic E-state index is 13.5. The van der Waals surface area contributed by atoms with Crippen molar-refractivity contribution < 1.29 is 14.2 Å². The Morgan fingerprint density at radius 3 is 2.71 bits per heavy atom. The fraction of sp³-hybridized carbons (Fsp3) is 0.250. The van der Waals surface area contributed by atoms with Gasteiger partial charge in [0.1, 0.15) is 24.3 Å². The number of rotatable bonds is 6. The third-order valence-electron chi connectivity index (χ3n) is 3.00. The van der Waals surface area contributed by atoms with Crippen molar-refractivity contribution in [1.82, 2.24) is 0 Å². The van der Waals surface area contributed by atoms with Crippen LogP contribution in [0.25, 0.3) is 0 Å². The Balaban J connectivity index is 1.85. The lowest BCUT2D eigenvalue weighted by Gasteiger charge is -2.16. The maximum Gasteiger partial charge on any atom is 0.147 e. The topological polar surface area (TPSA) is 41.5 Å². The van der Waals surface area contributed by atoms with Crippen LogP contribution in [0.2, 0.25) is 5.02 Å². The highest BCUT2D eigenvalue weighted by Crippen LogP contribution is 2.24. The van der Waals surface area contributed by atoms with Crippen LogP contribution in [0.15, 0.2) is 42.5 Å². The summed E-state index contributed by atoms with van der Waals surface area (Å²) in [5.74, 6) is 0.273. The molecule has 112 valence electrons. The summed E-state index contributed by atoms with van der Waals surface area (Å²) in [6.45, 7) is 2.19. The number of anilines is 1. The Hall–Kier alpha value is -1.78. The average molecular weight is 310 g/mol. The normalized spacial score (nSPS) is 12.0. The molecule has 2 aromatic carbocycles. The van der Waals surface area contributed by atoms with E-state index in [1.165, 1.54) is 12.1 Å². The molecule has 0 aliphatic heterocycles. The molecule has 5 heteroatoms. The van der Waals surface area contributed by atoms with Crippen molar-refractivity contribution in [3.8, 4) is 5.75 Å². The highest BCUT2D eigenvalue weighted by Gasteiger charge is 2.10. The Labute approximate surface area is 128 Å². The zero-order valence-electron chi connectivity index (χ0n) is 11.6. The largest absolute Gasteiger partial charge is 0.491 e. The maximum atomic E-state index is 13.5. The van der Waals surface area contributed by atoms with Gasteiger partial charge in [0.25, 0.3) is 0 Å². The van der Waals surface area contributed by atoms with E-state index < -0.39 is 11.9 Å². The molecule has 0 heterocycles. The van der Waals surface area contributed by atoms with Crippen molar-refractivity contribution in [1.29, 1.82) is 0 Å². The van der Waals surface area contributed by atoms with Crippen molar-refractivity contribution in [3.05, 3.63) is 58.9 Å². The minimum absolute atomic E-state index is 0.115. The molecule has 0 spiro atoms. The van der Waals surface area contributed by atoms with E-state index in [1.807, 2.05) is 31.2 Å². The minimum atomic E-state index is -0.778. The molecule has 2 rings (SSSR count). The predicted octanol–water partition coefficient (Wildman–Crippen LogP) is 3.64. The molecule has 0 aliphatic carbocycles. The molecule has 3 nitrogen and oxygen atoms in total. The van der Waals surface area contributed by atoms with Crippen LogP contribution in [0.3, 0.4) is 0 Å². The first kappa shape index (κ1) is 15.6. The minimum Gasteiger partial charge on any atom is -0.491 e. The molecule has 0 saturated heterocycles. The average Bonchev–Trinajstić information content (AvgIpc) is 2.46. The Morgan fingerprint density at radius 2 is 2.00 bits per heavy atom. The standard InChI is InChI=1S/C16H17ClFNO2/c1-11-5-2-3-8-15(11)21-10-12(20)9-19-16-13(17)6-4-7-14(16)18/h2-8,12,19-20H,9-10H2,1H3. The quantitative estimate of drug-likeness (QED) is 0.856. The van der Waals surface area contributed by atoms with Crippen LogP contribution in [-0.4, -0.2) is 24.4 Å². The van der Waals surface area contributed by atoms with Gasteiger partial charge in [0.15, 0.2) is 0 Å². The van der Waals surface area contributed by atoms with E-state index in [1.54, 1.807) is 6.07 Å². The van der Waals surface area contributed by atoms with Crippen LogP contribution in [0.4, 0.5) is 10.1 Å². The molecule has 0 bridgehead atoms. The van der Waals surface area contributed by atoms with Gasteiger partial charge >= 0.3 is 0 Å². The number of halogens is 2. The number of benzene rings is 2. The Bertz CT molecular complexity index is 586. The fourth-order valence-corrected chi connectivity index (χ4v) is 2.08. The third kappa shape index (κ3) is 4.34. The summed E-state index contributed by atoms with van der Waals surface area (Å²) in [7, 11) is 0. The van der Waals surface area contributed by atoms with Crippen molar-refractivity contribution >= 4 is 17.3 Å². The molecule has 0 aliphatic rings. The first-order valence-corrected chi connectivity index (χ1v) is 7.00. The molecular weight excluding hydrogens is 293 g/mol. The van der Waals surface area contributed by atoms with Crippen molar-refractivity contribution in [2.24, 2.45) is 0 Å². The van der Waals surface area contributed by atoms with Crippen LogP contribution in [0.5, 0.6) is 5.75 Å². The van der Waals surface area contributed by atoms with E-state index in [0.29, 0.717) is 0 Å². The second kappa shape index (κ2) is 7.29. The highest BCUT2D eigenvalue weighted by molar-refractivity contribution is 6.33. The van der Waals surface area contributed by atoms with Gasteiger partial charge in [-0.25, -0.2) is 4.39 Å². The van der Waals surface area contributed by atoms with Gasteiger partial charge in [0.05, 0.1) is 10.7 Å². The number of aliphatic hydroxyl groups is 1. The van der Waals surface area contributed by atoms with Crippen LogP contribution in [-0.2, 0) is 0 Å². The SMILES string of the molecule is Cc1ccccc1OCC(O)CNc1c(F)cccc1Cl. The van der Waals surface area contributed by atoms with E-state index >= 15 is 0 Å². The summed E-state index contributed by atoms with van der Waals surface area (Å²) in [5.41, 5.74) is 1.18. The molecule has 1 atom stereocenters. The van der Waals surface area contributed by atoms with E-state index in [2.05, 4.69) is 5.32 Å². The van der Waals surface area contributed by atoms with Gasteiger partial charge in [-0.3, -0.25) is 0 Å². The van der Waals surface area contributed by atoms with Gasteiger partial charge in [0.2, 0.25) is 0 Å². The summed E-state index contributed by atoms with van der Waals surface area (Å²) >= 11 is 5.89. The monoisotopic (exact) mass is 309 g/mol. The van der Waals surface area contributed by atoms with Crippen molar-refractivity contribution in [2.45, 2.75) is 13.0 Å². The molecule has 0 aromatic heterocycles. The van der Waals surface area contributed by atoms with Crippen LogP contribution in [0, 0.1) is 12.7 Å². The summed E-state index contributed by atoms with van der Waals surface area (Å²) in [4.78, 5) is 0. The number of aliphatic hydroxyl groups excluding tert-OH is 1. The molecule has 1 unspecified atom stereocenters. The summed E-state index contributed by atoms with van der Waals surface area (Å²) in [6, 6.07) is 12.0. The molecule has 2 aromatic rings. The molecule has 0 amide bonds. The van der Waals surface area contributed by atoms with Crippen molar-refractivity contribution in [2.75, 3.05) is 18.5 Å². The molecule has 21 heavy (non-hydrogen) atoms. The zero-order valence-corrected chi connectivity index (χ0v) is 12.4. The number of nitrogens with one attached hydrogen (secondary N) is 1. The number of ether oxygens (including phenoxy) is 1. The van der Waals surface area contributed by atoms with Gasteiger partial charge in [-0.15, -0.1) is 0 Å². The molecule has 2 N–H and O–H groups in total. The van der Waals surface area contributed by atoms with E-state index in [-0.39, 0.29) is 23.9 Å². The number of hydrogen-bond donors (Lipinski definition) is 2. The smallest absolute Gasteiger partial charge is 0.147 e. The van der Waals surface area contributed by atoms with Crippen molar-refractivity contribution in [3.63, 3.8) is 0 Å². The van der Waals surface area contributed by atoms with Gasteiger partial charge in [-0.05, 0) is 30.7 Å². The second-order valence-corrected chi connectivity index (χ2v) is 5.12. The first-order chi connectivity index (χ1) is 10.1. The van der Waals surface area contributed by atoms with E-state index in [4.69, 9.17) is 16.3 Å². The van der Waals surface area contributed by atoms with Crippen LogP contribution >= 0.6 is 11.6 Å². The third-order valence-corrected chi connectivity index (χ3v) is 3.32. The molecule has 0 saturated carbocycles. The predicted molar refractivity (Wildman–Crippen MR) is 82.6 cm³/mol. The summed E-state index contributed by atoms with van der Waals surface area (Å²) < 4.78 is 19.1. The number of para-hydroxylation sites is 2. The second-order valence-electron chi connectivity index (χ2n) is 4.71. The Kier molecular flexibility index (Phi) is 5.42. The van der Waals surface area contributed by atoms with Gasteiger partial charge in [0, 0.05) is 6.54 Å². The lowest BCUT2D eigenvalue weighted by molar-refractivity contribution is 0.117. The van der Waals surface area contributed by atoms with Crippen LogP contribution < -0.4 is 10.1 Å². The van der Waals surface area contributed by atoms with Crippen LogP contribution in [0.1, 0.15) is 5.56 Å². The van der Waals surface area contributed by atoms with Gasteiger partial charge < -0.3 is 15.2 Å².